The summed E-state index contributed by atoms with van der Waals surface area (Å²) in [5.41, 5.74) is 1.15. The second kappa shape index (κ2) is 11.6. The van der Waals surface area contributed by atoms with E-state index in [1.807, 2.05) is 26.8 Å². The van der Waals surface area contributed by atoms with Gasteiger partial charge in [0.2, 0.25) is 0 Å². The van der Waals surface area contributed by atoms with Gasteiger partial charge in [-0.25, -0.2) is 14.6 Å². The number of carbonyl (C=O) groups excluding carboxylic acids is 3. The normalized spacial score (nSPS) is 14.1. The van der Waals surface area contributed by atoms with E-state index in [4.69, 9.17) is 13.9 Å². The zero-order chi connectivity index (χ0) is 29.1. The van der Waals surface area contributed by atoms with Crippen LogP contribution in [0.2, 0.25) is 0 Å². The minimum Gasteiger partial charge on any atom is -0.472 e. The van der Waals surface area contributed by atoms with Crippen LogP contribution in [0.25, 0.3) is 11.1 Å². The predicted octanol–water partition coefficient (Wildman–Crippen LogP) is 6.06. The number of furan rings is 1. The number of amides is 3. The topological polar surface area (TPSA) is 126 Å². The van der Waals surface area contributed by atoms with E-state index >= 15 is 0 Å². The average molecular weight is 570 g/mol. The highest BCUT2D eigenvalue weighted by Gasteiger charge is 2.27. The highest BCUT2D eigenvalue weighted by Crippen LogP contribution is 2.31. The quantitative estimate of drug-likeness (QED) is 0.380. The van der Waals surface area contributed by atoms with Crippen LogP contribution >= 0.6 is 11.3 Å². The van der Waals surface area contributed by atoms with Crippen LogP contribution in [0, 0.1) is 0 Å². The number of rotatable bonds is 5. The fourth-order valence-corrected chi connectivity index (χ4v) is 4.77. The summed E-state index contributed by atoms with van der Waals surface area (Å²) in [7, 11) is 0. The summed E-state index contributed by atoms with van der Waals surface area (Å²) < 4.78 is 16.0. The van der Waals surface area contributed by atoms with Gasteiger partial charge in [-0.1, -0.05) is 17.4 Å². The average Bonchev–Trinajstić information content (AvgIpc) is 3.56. The zero-order valence-electron chi connectivity index (χ0n) is 23.6. The van der Waals surface area contributed by atoms with Gasteiger partial charge in [0.1, 0.15) is 16.2 Å². The Balaban J connectivity index is 1.45. The van der Waals surface area contributed by atoms with Crippen molar-refractivity contribution in [2.75, 3.05) is 41.7 Å². The van der Waals surface area contributed by atoms with E-state index in [1.165, 1.54) is 11.3 Å². The summed E-state index contributed by atoms with van der Waals surface area (Å²) in [6.07, 6.45) is 3.85. The molecule has 1 aliphatic rings. The lowest BCUT2D eigenvalue weighted by Crippen LogP contribution is -2.49. The van der Waals surface area contributed by atoms with Gasteiger partial charge in [-0.15, -0.1) is 0 Å². The Hall–Kier alpha value is -4.06. The SMILES string of the molecule is CC(C)(C)OC(=O)Nc1ccc(-c2ccoc2)cc1NC(=O)c1ncc(N2CCN(C(=O)OC(C)(C)C)CC2)s1. The Morgan fingerprint density at radius 3 is 2.23 bits per heavy atom. The summed E-state index contributed by atoms with van der Waals surface area (Å²) in [6.45, 7) is 13.1. The predicted molar refractivity (Wildman–Crippen MR) is 154 cm³/mol. The van der Waals surface area contributed by atoms with E-state index in [9.17, 15) is 14.4 Å². The second-order valence-corrected chi connectivity index (χ2v) is 12.3. The van der Waals surface area contributed by atoms with Crippen LogP contribution in [0.15, 0.2) is 47.4 Å². The lowest BCUT2D eigenvalue weighted by atomic mass is 10.1. The monoisotopic (exact) mass is 569 g/mol. The van der Waals surface area contributed by atoms with Crippen molar-refractivity contribution < 1.29 is 28.3 Å². The van der Waals surface area contributed by atoms with Gasteiger partial charge in [-0.05, 0) is 65.3 Å². The van der Waals surface area contributed by atoms with Crippen LogP contribution in [-0.4, -0.2) is 65.4 Å². The third kappa shape index (κ3) is 7.75. The molecule has 0 spiro atoms. The number of aromatic nitrogens is 1. The van der Waals surface area contributed by atoms with E-state index in [0.29, 0.717) is 37.6 Å². The maximum absolute atomic E-state index is 13.2. The van der Waals surface area contributed by atoms with Gasteiger partial charge in [0.25, 0.3) is 5.91 Å². The molecule has 3 amide bonds. The molecule has 40 heavy (non-hydrogen) atoms. The molecular formula is C28H35N5O6S. The van der Waals surface area contributed by atoms with Crippen LogP contribution < -0.4 is 15.5 Å². The smallest absolute Gasteiger partial charge is 0.412 e. The molecule has 1 fully saturated rings. The van der Waals surface area contributed by atoms with Gasteiger partial charge in [-0.2, -0.15) is 0 Å². The Morgan fingerprint density at radius 1 is 0.900 bits per heavy atom. The molecule has 3 aromatic rings. The van der Waals surface area contributed by atoms with Crippen molar-refractivity contribution in [3.8, 4) is 11.1 Å². The minimum absolute atomic E-state index is 0.265. The van der Waals surface area contributed by atoms with E-state index < -0.39 is 23.2 Å². The maximum Gasteiger partial charge on any atom is 0.412 e. The largest absolute Gasteiger partial charge is 0.472 e. The van der Waals surface area contributed by atoms with Crippen LogP contribution in [0.5, 0.6) is 0 Å². The van der Waals surface area contributed by atoms with Gasteiger partial charge < -0.3 is 29.0 Å². The lowest BCUT2D eigenvalue weighted by Gasteiger charge is -2.35. The van der Waals surface area contributed by atoms with Crippen molar-refractivity contribution in [3.63, 3.8) is 0 Å². The summed E-state index contributed by atoms with van der Waals surface area (Å²) in [5, 5.41) is 6.68. The molecule has 2 aromatic heterocycles. The number of benzene rings is 1. The van der Waals surface area contributed by atoms with Crippen molar-refractivity contribution in [2.45, 2.75) is 52.7 Å². The molecule has 1 aliphatic heterocycles. The van der Waals surface area contributed by atoms with E-state index in [1.54, 1.807) is 62.6 Å². The second-order valence-electron chi connectivity index (χ2n) is 11.3. The number of carbonyl (C=O) groups is 3. The molecular weight excluding hydrogens is 534 g/mol. The Kier molecular flexibility index (Phi) is 8.38. The molecule has 12 heteroatoms. The van der Waals surface area contributed by atoms with E-state index in [-0.39, 0.29) is 11.1 Å². The fourth-order valence-electron chi connectivity index (χ4n) is 3.91. The summed E-state index contributed by atoms with van der Waals surface area (Å²) in [5.74, 6) is -0.416. The number of hydrogen-bond acceptors (Lipinski definition) is 9. The van der Waals surface area contributed by atoms with Gasteiger partial charge in [0.05, 0.1) is 30.1 Å². The molecule has 1 aromatic carbocycles. The maximum atomic E-state index is 13.2. The molecule has 0 bridgehead atoms. The van der Waals surface area contributed by atoms with Crippen LogP contribution in [0.3, 0.4) is 0 Å². The van der Waals surface area contributed by atoms with Gasteiger partial charge in [-0.3, -0.25) is 10.1 Å². The molecule has 4 rings (SSSR count). The molecule has 2 N–H and O–H groups in total. The van der Waals surface area contributed by atoms with Crippen molar-refractivity contribution in [1.29, 1.82) is 0 Å². The summed E-state index contributed by atoms with van der Waals surface area (Å²) in [6, 6.07) is 7.06. The number of thiazole rings is 1. The molecule has 1 saturated heterocycles. The van der Waals surface area contributed by atoms with Gasteiger partial charge in [0.15, 0.2) is 5.01 Å². The standard InChI is InChI=1S/C28H35N5O6S/c1-27(2,3)38-25(35)31-20-8-7-18(19-9-14-37-17-19)15-21(20)30-23(34)24-29-16-22(40-24)32-10-12-33(13-11-32)26(36)39-28(4,5)6/h7-9,14-17H,10-13H2,1-6H3,(H,30,34)(H,31,35). The van der Waals surface area contributed by atoms with Crippen molar-refractivity contribution in [2.24, 2.45) is 0 Å². The fraction of sp³-hybridized carbons (Fsp3) is 0.429. The molecule has 0 atom stereocenters. The number of nitrogens with zero attached hydrogens (tertiary/aromatic N) is 3. The number of hydrogen-bond donors (Lipinski definition) is 2. The highest BCUT2D eigenvalue weighted by molar-refractivity contribution is 7.17. The van der Waals surface area contributed by atoms with Crippen LogP contribution in [0.4, 0.5) is 26.0 Å². The Bertz CT molecular complexity index is 1350. The van der Waals surface area contributed by atoms with Crippen molar-refractivity contribution in [3.05, 3.63) is 48.0 Å². The lowest BCUT2D eigenvalue weighted by molar-refractivity contribution is 0.0240. The first-order valence-electron chi connectivity index (χ1n) is 12.9. The molecule has 0 aliphatic carbocycles. The first-order chi connectivity index (χ1) is 18.8. The number of nitrogens with one attached hydrogen (secondary N) is 2. The Morgan fingerprint density at radius 2 is 1.60 bits per heavy atom. The molecule has 0 saturated carbocycles. The van der Waals surface area contributed by atoms with Crippen molar-refractivity contribution in [1.82, 2.24) is 9.88 Å². The van der Waals surface area contributed by atoms with Gasteiger partial charge >= 0.3 is 12.2 Å². The summed E-state index contributed by atoms with van der Waals surface area (Å²) >= 11 is 1.26. The Labute approximate surface area is 237 Å². The van der Waals surface area contributed by atoms with Crippen LogP contribution in [0.1, 0.15) is 51.3 Å². The first-order valence-corrected chi connectivity index (χ1v) is 13.8. The van der Waals surface area contributed by atoms with E-state index in [0.717, 1.165) is 16.1 Å². The van der Waals surface area contributed by atoms with Crippen molar-refractivity contribution >= 4 is 45.8 Å². The minimum atomic E-state index is -0.681. The van der Waals surface area contributed by atoms with Gasteiger partial charge in [0, 0.05) is 31.7 Å². The first kappa shape index (κ1) is 28.9. The number of ether oxygens (including phenoxy) is 2. The van der Waals surface area contributed by atoms with E-state index in [2.05, 4.69) is 20.5 Å². The van der Waals surface area contributed by atoms with Crippen LogP contribution in [-0.2, 0) is 9.47 Å². The third-order valence-electron chi connectivity index (χ3n) is 5.69. The number of anilines is 3. The third-order valence-corrected chi connectivity index (χ3v) is 6.75. The summed E-state index contributed by atoms with van der Waals surface area (Å²) in [4.78, 5) is 46.2. The molecule has 0 radical (unpaired) electrons. The molecule has 11 nitrogen and oxygen atoms in total. The zero-order valence-corrected chi connectivity index (χ0v) is 24.4. The molecule has 0 unspecified atom stereocenters. The molecule has 3 heterocycles. The highest BCUT2D eigenvalue weighted by atomic mass is 32.1. The number of piperazine rings is 1. The molecule has 214 valence electrons.